The van der Waals surface area contributed by atoms with E-state index in [4.69, 9.17) is 25.3 Å². The molecule has 254 valence electrons. The standard InChI is InChI=1S/C23H29FN10O11P2/c1-22-14(23(22,2)34-7-30-12-18(34)31-21(26)32-19(12)36)8(15(22)35)3-43-47(40,41)45-13-9(4-42-46(37,38)39)44-20(10(13)24)33-6-29-11-16(25)27-5-28-17(11)33/h5-10,13-15,20,35H,3-4H2,1-2H3,(H,40,41)(H2,25,27,28)(H2,37,38,39)(H3,26,31,32,36)/t8-,9+,10+,13+,14?,15+,20+,22+,23-/m0/s1. The number of alkyl halides is 1. The van der Waals surface area contributed by atoms with Crippen LogP contribution in [0.3, 0.4) is 0 Å². The largest absolute Gasteiger partial charge is 0.472 e. The lowest BCUT2D eigenvalue weighted by atomic mass is 9.73. The maximum Gasteiger partial charge on any atom is 0.472 e. The van der Waals surface area contributed by atoms with Gasteiger partial charge in [-0.25, -0.2) is 33.5 Å². The van der Waals surface area contributed by atoms with Crippen LogP contribution in [0.25, 0.3) is 22.3 Å². The summed E-state index contributed by atoms with van der Waals surface area (Å²) in [4.78, 5) is 63.9. The number of phosphoric ester groups is 2. The predicted octanol–water partition coefficient (Wildman–Crippen LogP) is -0.687. The molecule has 21 nitrogen and oxygen atoms in total. The molecule has 0 bridgehead atoms. The van der Waals surface area contributed by atoms with Crippen molar-refractivity contribution in [1.82, 2.24) is 39.0 Å². The Morgan fingerprint density at radius 2 is 1.79 bits per heavy atom. The number of anilines is 2. The molecular weight excluding hydrogens is 673 g/mol. The number of hydrogen-bond acceptors (Lipinski definition) is 15. The summed E-state index contributed by atoms with van der Waals surface area (Å²) >= 11 is 0. The summed E-state index contributed by atoms with van der Waals surface area (Å²) in [6, 6.07) is 0. The molecule has 2 aliphatic carbocycles. The lowest BCUT2D eigenvalue weighted by Crippen LogP contribution is -2.45. The van der Waals surface area contributed by atoms with Gasteiger partial charge in [-0.3, -0.25) is 27.9 Å². The molecule has 2 saturated carbocycles. The normalized spacial score (nSPS) is 34.7. The summed E-state index contributed by atoms with van der Waals surface area (Å²) in [5, 5.41) is 11.1. The molecule has 4 aromatic heterocycles. The first-order valence-corrected chi connectivity index (χ1v) is 17.0. The number of nitrogen functional groups attached to an aromatic ring is 2. The molecule has 9 N–H and O–H groups in total. The van der Waals surface area contributed by atoms with E-state index in [0.717, 1.165) is 17.2 Å². The van der Waals surface area contributed by atoms with Crippen molar-refractivity contribution in [3.8, 4) is 0 Å². The first kappa shape index (κ1) is 32.1. The van der Waals surface area contributed by atoms with Crippen molar-refractivity contribution >= 4 is 49.7 Å². The number of aliphatic hydroxyl groups is 1. The zero-order valence-corrected chi connectivity index (χ0v) is 26.2. The molecule has 1 saturated heterocycles. The number of nitrogens with one attached hydrogen (secondary N) is 1. The second-order valence-electron chi connectivity index (χ2n) is 12.0. The number of aliphatic hydroxyl groups excluding tert-OH is 1. The molecular formula is C23H29FN10O11P2. The van der Waals surface area contributed by atoms with E-state index in [2.05, 4.69) is 34.4 Å². The molecule has 3 fully saturated rings. The number of hydrogen-bond donors (Lipinski definition) is 7. The van der Waals surface area contributed by atoms with Gasteiger partial charge in [0.25, 0.3) is 5.56 Å². The maximum absolute atomic E-state index is 15.9. The average molecular weight is 702 g/mol. The van der Waals surface area contributed by atoms with Gasteiger partial charge in [0.2, 0.25) is 5.95 Å². The number of nitrogens with two attached hydrogens (primary N) is 2. The van der Waals surface area contributed by atoms with Crippen molar-refractivity contribution in [2.45, 2.75) is 50.1 Å². The van der Waals surface area contributed by atoms with Crippen LogP contribution in [0.4, 0.5) is 16.2 Å². The number of imidazole rings is 2. The maximum atomic E-state index is 15.9. The Labute approximate surface area is 261 Å². The van der Waals surface area contributed by atoms with E-state index < -0.39 is 82.0 Å². The van der Waals surface area contributed by atoms with E-state index in [1.807, 2.05) is 6.92 Å². The first-order valence-electron chi connectivity index (χ1n) is 14.0. The molecule has 0 amide bonds. The minimum Gasteiger partial charge on any atom is -0.392 e. The van der Waals surface area contributed by atoms with Gasteiger partial charge in [-0.2, -0.15) is 4.98 Å². The molecule has 4 aromatic rings. The van der Waals surface area contributed by atoms with Gasteiger partial charge < -0.3 is 40.6 Å². The third-order valence-electron chi connectivity index (χ3n) is 9.65. The smallest absolute Gasteiger partial charge is 0.392 e. The number of ether oxygens (including phenoxy) is 1. The summed E-state index contributed by atoms with van der Waals surface area (Å²) in [7, 11) is -10.2. The lowest BCUT2D eigenvalue weighted by Gasteiger charge is -2.37. The highest BCUT2D eigenvalue weighted by Crippen LogP contribution is 2.80. The number of H-pyrrole nitrogens is 1. The molecule has 47 heavy (non-hydrogen) atoms. The van der Waals surface area contributed by atoms with E-state index in [1.54, 1.807) is 11.5 Å². The fourth-order valence-corrected chi connectivity index (χ4v) is 8.66. The molecule has 5 heterocycles. The fourth-order valence-electron chi connectivity index (χ4n) is 7.33. The van der Waals surface area contributed by atoms with Crippen LogP contribution in [0.15, 0.2) is 23.8 Å². The molecule has 3 aliphatic rings. The number of nitrogens with zero attached hydrogens (tertiary/aromatic N) is 7. The van der Waals surface area contributed by atoms with E-state index >= 15 is 4.39 Å². The molecule has 0 radical (unpaired) electrons. The summed E-state index contributed by atoms with van der Waals surface area (Å²) in [5.41, 5.74) is 9.79. The van der Waals surface area contributed by atoms with E-state index in [0.29, 0.717) is 0 Å². The molecule has 1 aliphatic heterocycles. The van der Waals surface area contributed by atoms with E-state index in [9.17, 15) is 33.7 Å². The van der Waals surface area contributed by atoms with Crippen molar-refractivity contribution in [3.63, 3.8) is 0 Å². The minimum atomic E-state index is -5.13. The topological polar surface area (TPSA) is 311 Å². The Balaban J connectivity index is 1.09. The molecule has 0 aromatic carbocycles. The number of rotatable bonds is 10. The zero-order valence-electron chi connectivity index (χ0n) is 24.4. The molecule has 24 heteroatoms. The van der Waals surface area contributed by atoms with Crippen LogP contribution in [0, 0.1) is 17.3 Å². The average Bonchev–Trinajstić information content (AvgIpc) is 3.51. The molecule has 2 unspecified atom stereocenters. The van der Waals surface area contributed by atoms with Crippen molar-refractivity contribution in [2.75, 3.05) is 24.7 Å². The SMILES string of the molecule is C[C@@]12C([C@H](COP(=O)(O)O[C@H]3[C@@H](F)[C@H](n4cnc5c(N)ncnc54)O[C@@H]3COP(=O)(O)O)[C@H]1O)[C@]2(C)n1cnc2c(=O)[nH]c(N)nc21. The van der Waals surface area contributed by atoms with E-state index in [1.165, 1.54) is 6.33 Å². The molecule has 10 atom stereocenters. The van der Waals surface area contributed by atoms with Gasteiger partial charge in [-0.1, -0.05) is 6.92 Å². The van der Waals surface area contributed by atoms with Crippen LogP contribution < -0.4 is 17.0 Å². The number of aromatic amines is 1. The van der Waals surface area contributed by atoms with Gasteiger partial charge in [-0.05, 0) is 6.92 Å². The van der Waals surface area contributed by atoms with Gasteiger partial charge in [0.05, 0.1) is 37.5 Å². The van der Waals surface area contributed by atoms with Crippen molar-refractivity contribution in [1.29, 1.82) is 0 Å². The Hall–Kier alpha value is -3.43. The third kappa shape index (κ3) is 4.82. The van der Waals surface area contributed by atoms with Crippen LogP contribution in [-0.4, -0.2) is 96.5 Å². The number of phosphoric acid groups is 2. The molecule has 7 rings (SSSR count). The van der Waals surface area contributed by atoms with Crippen LogP contribution in [0.1, 0.15) is 20.1 Å². The number of fused-ring (bicyclic) bond motifs is 3. The van der Waals surface area contributed by atoms with Crippen LogP contribution in [0.2, 0.25) is 0 Å². The zero-order chi connectivity index (χ0) is 33.8. The van der Waals surface area contributed by atoms with Gasteiger partial charge in [0, 0.05) is 17.3 Å². The van der Waals surface area contributed by atoms with Gasteiger partial charge >= 0.3 is 15.6 Å². The summed E-state index contributed by atoms with van der Waals surface area (Å²) < 4.78 is 63.8. The lowest BCUT2D eigenvalue weighted by molar-refractivity contribution is -0.0695. The van der Waals surface area contributed by atoms with Crippen LogP contribution in [0.5, 0.6) is 0 Å². The quantitative estimate of drug-likeness (QED) is 0.101. The molecule has 0 spiro atoms. The van der Waals surface area contributed by atoms with Crippen LogP contribution in [-0.2, 0) is 33.0 Å². The Morgan fingerprint density at radius 1 is 1.06 bits per heavy atom. The highest BCUT2D eigenvalue weighted by atomic mass is 31.2. The fraction of sp³-hybridized carbons (Fsp3) is 0.565. The van der Waals surface area contributed by atoms with E-state index in [-0.39, 0.29) is 40.0 Å². The first-order chi connectivity index (χ1) is 22.0. The Kier molecular flexibility index (Phi) is 7.20. The highest BCUT2D eigenvalue weighted by molar-refractivity contribution is 7.47. The summed E-state index contributed by atoms with van der Waals surface area (Å²) in [6.07, 6.45) is -4.80. The minimum absolute atomic E-state index is 0.0130. The highest BCUT2D eigenvalue weighted by Gasteiger charge is 2.86. The van der Waals surface area contributed by atoms with Crippen LogP contribution >= 0.6 is 15.6 Å². The van der Waals surface area contributed by atoms with Crippen molar-refractivity contribution in [3.05, 3.63) is 29.3 Å². The monoisotopic (exact) mass is 702 g/mol. The predicted molar refractivity (Wildman–Crippen MR) is 154 cm³/mol. The van der Waals surface area contributed by atoms with Crippen molar-refractivity contribution in [2.24, 2.45) is 17.3 Å². The number of aromatic nitrogens is 8. The van der Waals surface area contributed by atoms with Gasteiger partial charge in [0.15, 0.2) is 35.0 Å². The Bertz CT molecular complexity index is 2060. The third-order valence-corrected chi connectivity index (χ3v) is 11.1. The van der Waals surface area contributed by atoms with Crippen molar-refractivity contribution < 1.29 is 51.6 Å². The summed E-state index contributed by atoms with van der Waals surface area (Å²) in [6.45, 7) is 2.16. The second kappa shape index (κ2) is 10.5. The van der Waals surface area contributed by atoms with Gasteiger partial charge in [0.1, 0.15) is 24.1 Å². The Morgan fingerprint density at radius 3 is 2.51 bits per heavy atom. The number of halogens is 1. The van der Waals surface area contributed by atoms with Gasteiger partial charge in [-0.15, -0.1) is 0 Å². The summed E-state index contributed by atoms with van der Waals surface area (Å²) in [5.74, 6) is -1.19. The second-order valence-corrected chi connectivity index (χ2v) is 14.6.